The highest BCUT2D eigenvalue weighted by Crippen LogP contribution is 2.30. The van der Waals surface area contributed by atoms with Crippen LogP contribution in [-0.4, -0.2) is 15.5 Å². The Kier molecular flexibility index (Phi) is 3.54. The van der Waals surface area contributed by atoms with Crippen LogP contribution in [0.25, 0.3) is 21.3 Å². The highest BCUT2D eigenvalue weighted by Gasteiger charge is 2.16. The third-order valence-corrected chi connectivity index (χ3v) is 4.53. The number of carboxylic acids is 1. The van der Waals surface area contributed by atoms with Crippen molar-refractivity contribution in [3.8, 4) is 11.1 Å². The number of aliphatic carboxylic acids is 1. The number of aryl methyl sites for hydroxylation is 1. The molecule has 0 fully saturated rings. The third kappa shape index (κ3) is 2.31. The van der Waals surface area contributed by atoms with Crippen LogP contribution in [0.15, 0.2) is 40.8 Å². The van der Waals surface area contributed by atoms with Crippen molar-refractivity contribution in [1.29, 1.82) is 0 Å². The lowest BCUT2D eigenvalue weighted by Crippen LogP contribution is -2.36. The molecule has 6 heteroatoms. The van der Waals surface area contributed by atoms with Crippen LogP contribution in [0.3, 0.4) is 0 Å². The number of nitrogens with zero attached hydrogens (tertiary/aromatic N) is 2. The summed E-state index contributed by atoms with van der Waals surface area (Å²) in [7, 11) is 0. The standard InChI is InChI=1S/C16H14N2O3S/c1-9-3-5-11(6-4-9)12-7-22-14-13(12)15(19)18(8-17-14)10(2)16(20)21/h3-8,10H,1-2H3,(H,20,21)/p-1/t10-/m1/s1. The van der Waals surface area contributed by atoms with Crippen molar-refractivity contribution in [3.63, 3.8) is 0 Å². The van der Waals surface area contributed by atoms with E-state index in [1.54, 1.807) is 0 Å². The maximum absolute atomic E-state index is 12.6. The van der Waals surface area contributed by atoms with Gasteiger partial charge in [0.25, 0.3) is 5.56 Å². The number of rotatable bonds is 3. The molecule has 3 aromatic rings. The zero-order valence-electron chi connectivity index (χ0n) is 12.1. The topological polar surface area (TPSA) is 75.0 Å². The van der Waals surface area contributed by atoms with Gasteiger partial charge < -0.3 is 9.90 Å². The fourth-order valence-corrected chi connectivity index (χ4v) is 3.19. The molecule has 0 unspecified atom stereocenters. The van der Waals surface area contributed by atoms with E-state index in [0.717, 1.165) is 21.3 Å². The number of fused-ring (bicyclic) bond motifs is 1. The van der Waals surface area contributed by atoms with Gasteiger partial charge in [0.15, 0.2) is 0 Å². The lowest BCUT2D eigenvalue weighted by atomic mass is 10.1. The monoisotopic (exact) mass is 313 g/mol. The average molecular weight is 313 g/mol. The number of aromatic nitrogens is 2. The van der Waals surface area contributed by atoms with Gasteiger partial charge in [-0.05, 0) is 19.4 Å². The van der Waals surface area contributed by atoms with Crippen molar-refractivity contribution in [3.05, 3.63) is 51.9 Å². The van der Waals surface area contributed by atoms with Crippen LogP contribution < -0.4 is 10.7 Å². The summed E-state index contributed by atoms with van der Waals surface area (Å²) in [4.78, 5) is 28.5. The van der Waals surface area contributed by atoms with E-state index < -0.39 is 12.0 Å². The normalized spacial score (nSPS) is 12.5. The van der Waals surface area contributed by atoms with Crippen LogP contribution in [-0.2, 0) is 4.79 Å². The quantitative estimate of drug-likeness (QED) is 0.738. The van der Waals surface area contributed by atoms with Gasteiger partial charge >= 0.3 is 0 Å². The van der Waals surface area contributed by atoms with Crippen molar-refractivity contribution in [1.82, 2.24) is 9.55 Å². The van der Waals surface area contributed by atoms with Crippen LogP contribution in [0.4, 0.5) is 0 Å². The van der Waals surface area contributed by atoms with E-state index >= 15 is 0 Å². The first-order valence-electron chi connectivity index (χ1n) is 6.75. The summed E-state index contributed by atoms with van der Waals surface area (Å²) in [5, 5.41) is 13.3. The lowest BCUT2D eigenvalue weighted by Gasteiger charge is -2.15. The van der Waals surface area contributed by atoms with Gasteiger partial charge in [-0.25, -0.2) is 4.98 Å². The van der Waals surface area contributed by atoms with E-state index in [2.05, 4.69) is 4.98 Å². The molecule has 22 heavy (non-hydrogen) atoms. The number of carbonyl (C=O) groups excluding carboxylic acids is 1. The van der Waals surface area contributed by atoms with Gasteiger partial charge in [-0.1, -0.05) is 29.8 Å². The molecule has 0 radical (unpaired) electrons. The lowest BCUT2D eigenvalue weighted by molar-refractivity contribution is -0.309. The molecule has 1 atom stereocenters. The van der Waals surface area contributed by atoms with Crippen molar-refractivity contribution in [2.24, 2.45) is 0 Å². The Morgan fingerprint density at radius 1 is 1.32 bits per heavy atom. The van der Waals surface area contributed by atoms with E-state index in [1.165, 1.54) is 24.6 Å². The minimum absolute atomic E-state index is 0.362. The molecule has 1 aromatic carbocycles. The maximum atomic E-state index is 12.6. The van der Waals surface area contributed by atoms with Crippen LogP contribution in [0.2, 0.25) is 0 Å². The molecule has 0 spiro atoms. The zero-order valence-corrected chi connectivity index (χ0v) is 12.9. The van der Waals surface area contributed by atoms with Crippen molar-refractivity contribution >= 4 is 27.5 Å². The summed E-state index contributed by atoms with van der Waals surface area (Å²) in [5.41, 5.74) is 2.45. The summed E-state index contributed by atoms with van der Waals surface area (Å²) < 4.78 is 1.10. The Bertz CT molecular complexity index is 909. The number of thiophene rings is 1. The van der Waals surface area contributed by atoms with Gasteiger partial charge in [-0.15, -0.1) is 11.3 Å². The van der Waals surface area contributed by atoms with Crippen molar-refractivity contribution < 1.29 is 9.90 Å². The number of benzene rings is 1. The molecule has 0 saturated carbocycles. The van der Waals surface area contributed by atoms with Crippen molar-refractivity contribution in [2.45, 2.75) is 19.9 Å². The number of hydrogen-bond donors (Lipinski definition) is 0. The molecule has 0 aliphatic heterocycles. The molecular formula is C16H13N2O3S-. The third-order valence-electron chi connectivity index (χ3n) is 3.64. The Labute approximate surface area is 130 Å². The first kappa shape index (κ1) is 14.5. The van der Waals surface area contributed by atoms with E-state index in [4.69, 9.17) is 0 Å². The van der Waals surface area contributed by atoms with Gasteiger partial charge in [0.1, 0.15) is 4.83 Å². The largest absolute Gasteiger partial charge is 0.548 e. The SMILES string of the molecule is Cc1ccc(-c2csc3ncn([C@H](C)C(=O)[O-])c(=O)c23)cc1. The van der Waals surface area contributed by atoms with Gasteiger partial charge in [0, 0.05) is 10.9 Å². The molecule has 2 aromatic heterocycles. The fraction of sp³-hybridized carbons (Fsp3) is 0.188. The summed E-state index contributed by atoms with van der Waals surface area (Å²) in [6.07, 6.45) is 1.26. The van der Waals surface area contributed by atoms with Crippen LogP contribution in [0.5, 0.6) is 0 Å². The predicted molar refractivity (Wildman–Crippen MR) is 83.8 cm³/mol. The highest BCUT2D eigenvalue weighted by atomic mass is 32.1. The molecule has 0 aliphatic carbocycles. The molecule has 2 heterocycles. The first-order chi connectivity index (χ1) is 10.5. The summed E-state index contributed by atoms with van der Waals surface area (Å²) >= 11 is 1.37. The summed E-state index contributed by atoms with van der Waals surface area (Å²) in [5.74, 6) is -1.31. The van der Waals surface area contributed by atoms with Crippen molar-refractivity contribution in [2.75, 3.05) is 0 Å². The van der Waals surface area contributed by atoms with Gasteiger partial charge in [0.2, 0.25) is 0 Å². The number of carboxylic acid groups (broad SMARTS) is 1. The highest BCUT2D eigenvalue weighted by molar-refractivity contribution is 7.17. The van der Waals surface area contributed by atoms with Gasteiger partial charge in [-0.3, -0.25) is 9.36 Å². The molecule has 0 aliphatic rings. The van der Waals surface area contributed by atoms with Crippen LogP contribution in [0, 0.1) is 6.92 Å². The number of carbonyl (C=O) groups is 1. The Morgan fingerprint density at radius 2 is 2.00 bits per heavy atom. The second-order valence-electron chi connectivity index (χ2n) is 5.15. The molecule has 5 nitrogen and oxygen atoms in total. The zero-order chi connectivity index (χ0) is 15.9. The molecule has 0 saturated heterocycles. The first-order valence-corrected chi connectivity index (χ1v) is 7.63. The second-order valence-corrected chi connectivity index (χ2v) is 6.01. The maximum Gasteiger partial charge on any atom is 0.263 e. The summed E-state index contributed by atoms with van der Waals surface area (Å²) in [6, 6.07) is 6.76. The summed E-state index contributed by atoms with van der Waals surface area (Å²) in [6.45, 7) is 3.40. The van der Waals surface area contributed by atoms with E-state index in [0.29, 0.717) is 10.2 Å². The van der Waals surface area contributed by atoms with Crippen LogP contribution >= 0.6 is 11.3 Å². The molecule has 0 N–H and O–H groups in total. The van der Waals surface area contributed by atoms with E-state index in [1.807, 2.05) is 36.6 Å². The van der Waals surface area contributed by atoms with E-state index in [9.17, 15) is 14.7 Å². The fourth-order valence-electron chi connectivity index (χ4n) is 2.28. The van der Waals surface area contributed by atoms with E-state index in [-0.39, 0.29) is 5.56 Å². The second kappa shape index (κ2) is 5.38. The Balaban J connectivity index is 2.25. The minimum atomic E-state index is -1.31. The predicted octanol–water partition coefficient (Wildman–Crippen LogP) is 1.74. The molecular weight excluding hydrogens is 300 g/mol. The molecule has 3 rings (SSSR count). The Morgan fingerprint density at radius 3 is 2.64 bits per heavy atom. The van der Waals surface area contributed by atoms with Crippen LogP contribution in [0.1, 0.15) is 18.5 Å². The molecule has 112 valence electrons. The van der Waals surface area contributed by atoms with Gasteiger partial charge in [-0.2, -0.15) is 0 Å². The smallest absolute Gasteiger partial charge is 0.263 e. The molecule has 0 amide bonds. The average Bonchev–Trinajstić information content (AvgIpc) is 2.92. The Hall–Kier alpha value is -2.47. The molecule has 0 bridgehead atoms. The number of hydrogen-bond acceptors (Lipinski definition) is 5. The minimum Gasteiger partial charge on any atom is -0.548 e. The van der Waals surface area contributed by atoms with Gasteiger partial charge in [0.05, 0.1) is 23.7 Å².